The molecule has 2 saturated carbocycles. The zero-order chi connectivity index (χ0) is 20.6. The molecule has 2 heteroatoms. The van der Waals surface area contributed by atoms with Crippen LogP contribution in [0.3, 0.4) is 0 Å². The smallest absolute Gasteiger partial charge is 0.0601 e. The van der Waals surface area contributed by atoms with Crippen LogP contribution in [-0.4, -0.2) is 22.4 Å². The van der Waals surface area contributed by atoms with E-state index in [1.807, 2.05) is 0 Å². The third kappa shape index (κ3) is 5.50. The lowest BCUT2D eigenvalue weighted by atomic mass is 9.58. The second-order valence-corrected chi connectivity index (χ2v) is 12.2. The van der Waals surface area contributed by atoms with Crippen LogP contribution in [0, 0.1) is 46.3 Å². The van der Waals surface area contributed by atoms with E-state index in [-0.39, 0.29) is 23.0 Å². The van der Waals surface area contributed by atoms with Crippen molar-refractivity contribution in [1.82, 2.24) is 0 Å². The summed E-state index contributed by atoms with van der Waals surface area (Å²) in [6, 6.07) is 0. The molecule has 0 spiro atoms. The Morgan fingerprint density at radius 1 is 0.630 bits per heavy atom. The molecule has 2 aliphatic carbocycles. The molecule has 2 N–H and O–H groups in total. The summed E-state index contributed by atoms with van der Waals surface area (Å²) in [6.07, 6.45) is 7.62. The lowest BCUT2D eigenvalue weighted by Crippen LogP contribution is -2.47. The monoisotopic (exact) mass is 380 g/mol. The predicted octanol–water partition coefficient (Wildman–Crippen LogP) is 6.30. The summed E-state index contributed by atoms with van der Waals surface area (Å²) >= 11 is 0. The van der Waals surface area contributed by atoms with Crippen LogP contribution in [0.4, 0.5) is 0 Å². The van der Waals surface area contributed by atoms with Gasteiger partial charge >= 0.3 is 0 Å². The van der Waals surface area contributed by atoms with Crippen LogP contribution < -0.4 is 0 Å². The molecule has 0 radical (unpaired) electrons. The summed E-state index contributed by atoms with van der Waals surface area (Å²) in [7, 11) is 0. The maximum absolute atomic E-state index is 11.3. The van der Waals surface area contributed by atoms with Gasteiger partial charge in [0.05, 0.1) is 12.2 Å². The fraction of sp³-hybridized carbons (Fsp3) is 1.00. The molecule has 27 heavy (non-hydrogen) atoms. The van der Waals surface area contributed by atoms with Crippen LogP contribution in [0.2, 0.25) is 0 Å². The van der Waals surface area contributed by atoms with E-state index in [2.05, 4.69) is 55.4 Å². The van der Waals surface area contributed by atoms with Crippen molar-refractivity contribution in [3.8, 4) is 0 Å². The van der Waals surface area contributed by atoms with Gasteiger partial charge in [0.2, 0.25) is 0 Å². The Kier molecular flexibility index (Phi) is 7.51. The van der Waals surface area contributed by atoms with Gasteiger partial charge in [-0.15, -0.1) is 0 Å². The maximum Gasteiger partial charge on any atom is 0.0601 e. The van der Waals surface area contributed by atoms with Gasteiger partial charge in [-0.1, -0.05) is 68.2 Å². The second-order valence-electron chi connectivity index (χ2n) is 12.2. The SMILES string of the molecule is CCC1CC(CC2CC(CC)CC(C(C)(C)C)C2O)C(O)C(C(C)(C)C)C1. The summed E-state index contributed by atoms with van der Waals surface area (Å²) < 4.78 is 0. The molecule has 0 heterocycles. The Labute approximate surface area is 169 Å². The van der Waals surface area contributed by atoms with Crippen molar-refractivity contribution in [2.75, 3.05) is 0 Å². The molecule has 0 saturated heterocycles. The Morgan fingerprint density at radius 3 is 1.22 bits per heavy atom. The number of rotatable bonds is 4. The third-order valence-corrected chi connectivity index (χ3v) is 8.22. The molecule has 2 fully saturated rings. The normalized spacial score (nSPS) is 41.6. The molecule has 0 aliphatic heterocycles. The van der Waals surface area contributed by atoms with E-state index in [0.717, 1.165) is 43.9 Å². The molecular formula is C25H48O2. The zero-order valence-electron chi connectivity index (χ0n) is 19.5. The highest BCUT2D eigenvalue weighted by molar-refractivity contribution is 4.96. The highest BCUT2D eigenvalue weighted by atomic mass is 16.3. The number of hydrogen-bond acceptors (Lipinski definition) is 2. The molecular weight excluding hydrogens is 332 g/mol. The van der Waals surface area contributed by atoms with Crippen molar-refractivity contribution in [1.29, 1.82) is 0 Å². The fourth-order valence-electron chi connectivity index (χ4n) is 6.24. The van der Waals surface area contributed by atoms with Gasteiger partial charge in [-0.3, -0.25) is 0 Å². The van der Waals surface area contributed by atoms with E-state index >= 15 is 0 Å². The average molecular weight is 381 g/mol. The first-order valence-corrected chi connectivity index (χ1v) is 11.7. The first-order chi connectivity index (χ1) is 12.4. The molecule has 0 amide bonds. The van der Waals surface area contributed by atoms with E-state index in [4.69, 9.17) is 0 Å². The van der Waals surface area contributed by atoms with Crippen molar-refractivity contribution in [3.05, 3.63) is 0 Å². The summed E-state index contributed by atoms with van der Waals surface area (Å²) in [5.41, 5.74) is 0.299. The molecule has 0 bridgehead atoms. The minimum Gasteiger partial charge on any atom is -0.393 e. The highest BCUT2D eigenvalue weighted by Crippen LogP contribution is 2.50. The Hall–Kier alpha value is -0.0800. The fourth-order valence-corrected chi connectivity index (χ4v) is 6.24. The number of aliphatic hydroxyl groups excluding tert-OH is 2. The van der Waals surface area contributed by atoms with Crippen molar-refractivity contribution in [3.63, 3.8) is 0 Å². The first-order valence-electron chi connectivity index (χ1n) is 11.7. The lowest BCUT2D eigenvalue weighted by Gasteiger charge is -2.49. The number of aliphatic hydroxyl groups is 2. The molecule has 2 rings (SSSR count). The van der Waals surface area contributed by atoms with Gasteiger partial charge in [-0.2, -0.15) is 0 Å². The van der Waals surface area contributed by atoms with Gasteiger partial charge in [-0.25, -0.2) is 0 Å². The van der Waals surface area contributed by atoms with Crippen molar-refractivity contribution in [2.45, 2.75) is 113 Å². The Balaban J connectivity index is 2.18. The molecule has 8 unspecified atom stereocenters. The summed E-state index contributed by atoms with van der Waals surface area (Å²) in [4.78, 5) is 0. The molecule has 0 aromatic rings. The Bertz CT molecular complexity index is 416. The second kappa shape index (κ2) is 8.74. The lowest BCUT2D eigenvalue weighted by molar-refractivity contribution is -0.0890. The van der Waals surface area contributed by atoms with E-state index in [9.17, 15) is 10.2 Å². The quantitative estimate of drug-likeness (QED) is 0.601. The van der Waals surface area contributed by atoms with Crippen LogP contribution in [0.25, 0.3) is 0 Å². The molecule has 8 atom stereocenters. The molecule has 160 valence electrons. The van der Waals surface area contributed by atoms with Crippen molar-refractivity contribution < 1.29 is 10.2 Å². The van der Waals surface area contributed by atoms with E-state index in [0.29, 0.717) is 23.7 Å². The van der Waals surface area contributed by atoms with Crippen LogP contribution in [0.5, 0.6) is 0 Å². The minimum atomic E-state index is -0.213. The van der Waals surface area contributed by atoms with E-state index < -0.39 is 0 Å². The zero-order valence-corrected chi connectivity index (χ0v) is 19.5. The van der Waals surface area contributed by atoms with E-state index in [1.165, 1.54) is 12.8 Å². The Morgan fingerprint density at radius 2 is 0.963 bits per heavy atom. The average Bonchev–Trinajstić information content (AvgIpc) is 2.56. The van der Waals surface area contributed by atoms with Gasteiger partial charge in [0.1, 0.15) is 0 Å². The summed E-state index contributed by atoms with van der Waals surface area (Å²) in [6.45, 7) is 18.3. The molecule has 2 aliphatic rings. The van der Waals surface area contributed by atoms with E-state index in [1.54, 1.807) is 0 Å². The standard InChI is InChI=1S/C25H48O2/c1-9-16-11-18(22(26)20(13-16)24(3,4)5)15-19-12-17(10-2)14-21(23(19)27)25(6,7)8/h16-23,26-27H,9-15H2,1-8H3. The van der Waals surface area contributed by atoms with Crippen LogP contribution in [0.15, 0.2) is 0 Å². The van der Waals surface area contributed by atoms with Crippen LogP contribution in [-0.2, 0) is 0 Å². The van der Waals surface area contributed by atoms with Gasteiger partial charge in [0, 0.05) is 0 Å². The van der Waals surface area contributed by atoms with Crippen molar-refractivity contribution >= 4 is 0 Å². The topological polar surface area (TPSA) is 40.5 Å². The molecule has 0 aromatic carbocycles. The molecule has 2 nitrogen and oxygen atoms in total. The van der Waals surface area contributed by atoms with Gasteiger partial charge in [0.15, 0.2) is 0 Å². The van der Waals surface area contributed by atoms with Gasteiger partial charge < -0.3 is 10.2 Å². The number of hydrogen-bond donors (Lipinski definition) is 2. The summed E-state index contributed by atoms with van der Waals surface area (Å²) in [5, 5.41) is 22.5. The first kappa shape index (κ1) is 23.2. The minimum absolute atomic E-state index is 0.149. The molecule has 0 aromatic heterocycles. The highest BCUT2D eigenvalue weighted by Gasteiger charge is 2.46. The summed E-state index contributed by atoms with van der Waals surface area (Å²) in [5.74, 6) is 2.91. The largest absolute Gasteiger partial charge is 0.393 e. The van der Waals surface area contributed by atoms with Crippen LogP contribution >= 0.6 is 0 Å². The van der Waals surface area contributed by atoms with Gasteiger partial charge in [-0.05, 0) is 78.4 Å². The van der Waals surface area contributed by atoms with Crippen molar-refractivity contribution in [2.24, 2.45) is 46.3 Å². The predicted molar refractivity (Wildman–Crippen MR) is 116 cm³/mol. The van der Waals surface area contributed by atoms with Crippen LogP contribution in [0.1, 0.15) is 100 Å². The van der Waals surface area contributed by atoms with Gasteiger partial charge in [0.25, 0.3) is 0 Å². The third-order valence-electron chi connectivity index (χ3n) is 8.22. The maximum atomic E-state index is 11.3.